The van der Waals surface area contributed by atoms with Crippen molar-refractivity contribution in [3.8, 4) is 16.9 Å². The molecule has 3 aromatic rings. The molecule has 4 saturated carbocycles. The summed E-state index contributed by atoms with van der Waals surface area (Å²) in [5.41, 5.74) is 4.01. The van der Waals surface area contributed by atoms with Crippen molar-refractivity contribution in [2.75, 3.05) is 31.6 Å². The summed E-state index contributed by atoms with van der Waals surface area (Å²) >= 11 is 0. The predicted octanol–water partition coefficient (Wildman–Crippen LogP) is 7.23. The van der Waals surface area contributed by atoms with Gasteiger partial charge >= 0.3 is 6.09 Å². The molecule has 50 heavy (non-hydrogen) atoms. The normalized spacial score (nSPS) is 27.1. The smallest absolute Gasteiger partial charge is 0.410 e. The number of likely N-dealkylation sites (tertiary alicyclic amines) is 1. The first kappa shape index (κ1) is 34.5. The fourth-order valence-corrected chi connectivity index (χ4v) is 9.03. The van der Waals surface area contributed by atoms with Crippen LogP contribution in [0.5, 0.6) is 5.75 Å². The van der Waals surface area contributed by atoms with Crippen molar-refractivity contribution < 1.29 is 24.2 Å². The van der Waals surface area contributed by atoms with E-state index in [1.807, 2.05) is 28.0 Å². The van der Waals surface area contributed by atoms with Gasteiger partial charge < -0.3 is 19.5 Å². The zero-order chi connectivity index (χ0) is 35.3. The van der Waals surface area contributed by atoms with Crippen molar-refractivity contribution in [2.45, 2.75) is 115 Å². The van der Waals surface area contributed by atoms with Gasteiger partial charge in [0.15, 0.2) is 0 Å². The number of carbonyl (C=O) groups excluding carboxylic acids is 2. The lowest BCUT2D eigenvalue weighted by Crippen LogP contribution is -2.62. The number of hydrogen-bond acceptors (Lipinski definition) is 7. The average Bonchev–Trinajstić information content (AvgIpc) is 3.62. The van der Waals surface area contributed by atoms with E-state index >= 15 is 0 Å². The van der Waals surface area contributed by atoms with Gasteiger partial charge in [-0.3, -0.25) is 14.4 Å². The van der Waals surface area contributed by atoms with E-state index < -0.39 is 5.60 Å². The lowest BCUT2D eigenvalue weighted by molar-refractivity contribution is -0.125. The van der Waals surface area contributed by atoms with E-state index in [0.29, 0.717) is 51.1 Å². The molecule has 0 atom stereocenters. The van der Waals surface area contributed by atoms with Gasteiger partial charge in [-0.25, -0.2) is 9.78 Å². The van der Waals surface area contributed by atoms with Crippen molar-refractivity contribution in [1.82, 2.24) is 19.7 Å². The number of aliphatic hydroxyl groups is 1. The molecule has 4 aliphatic carbocycles. The average molecular weight is 684 g/mol. The highest BCUT2D eigenvalue weighted by Gasteiger charge is 2.51. The van der Waals surface area contributed by atoms with Crippen LogP contribution in [0, 0.1) is 18.3 Å². The number of amides is 2. The minimum absolute atomic E-state index is 0.0459. The highest BCUT2D eigenvalue weighted by Crippen LogP contribution is 2.58. The third kappa shape index (κ3) is 6.75. The predicted molar refractivity (Wildman–Crippen MR) is 192 cm³/mol. The van der Waals surface area contributed by atoms with E-state index in [2.05, 4.69) is 56.3 Å². The molecule has 1 saturated heterocycles. The Morgan fingerprint density at radius 2 is 1.70 bits per heavy atom. The van der Waals surface area contributed by atoms with Crippen LogP contribution >= 0.6 is 0 Å². The zero-order valence-corrected chi connectivity index (χ0v) is 30.4. The second-order valence-corrected chi connectivity index (χ2v) is 16.3. The van der Waals surface area contributed by atoms with Crippen LogP contribution in [0.3, 0.4) is 0 Å². The van der Waals surface area contributed by atoms with Gasteiger partial charge in [-0.15, -0.1) is 0 Å². The van der Waals surface area contributed by atoms with Crippen LogP contribution in [0.25, 0.3) is 11.1 Å². The Morgan fingerprint density at radius 3 is 2.30 bits per heavy atom. The maximum Gasteiger partial charge on any atom is 0.410 e. The second-order valence-electron chi connectivity index (χ2n) is 16.3. The molecule has 5 aliphatic rings. The number of aryl methyl sites for hydroxylation is 1. The first-order valence-electron chi connectivity index (χ1n) is 18.5. The molecule has 3 heterocycles. The Kier molecular flexibility index (Phi) is 9.20. The Bertz CT molecular complexity index is 1690. The Balaban J connectivity index is 1.09. The molecular formula is C40H53N5O5. The van der Waals surface area contributed by atoms with Gasteiger partial charge in [0.2, 0.25) is 5.91 Å². The number of fused-ring (bicyclic) bond motifs is 3. The molecule has 2 aromatic heterocycles. The third-order valence-corrected chi connectivity index (χ3v) is 12.3. The van der Waals surface area contributed by atoms with Crippen LogP contribution in [0.1, 0.15) is 102 Å². The number of nitrogens with zero attached hydrogens (tertiary/aromatic N) is 5. The highest BCUT2D eigenvalue weighted by molar-refractivity contribution is 5.95. The van der Waals surface area contributed by atoms with Crippen LogP contribution in [0.15, 0.2) is 48.9 Å². The van der Waals surface area contributed by atoms with Crippen LogP contribution in [-0.4, -0.2) is 75.2 Å². The summed E-state index contributed by atoms with van der Waals surface area (Å²) in [4.78, 5) is 35.6. The van der Waals surface area contributed by atoms with Crippen LogP contribution in [0.4, 0.5) is 10.6 Å². The molecule has 0 radical (unpaired) electrons. The standard InChI is InChI=1S/C40H53N5O5/c1-27(2)45-23-31(22-42-45)30-12-19-41-35(21-30)44(36(46)29-6-9-33(10-7-29)50-37(47)43-24-38(4,48)25-43)26-39-13-16-40(17-14-39,18-15-39)32-8-11-34(49-5)28(3)20-32/h8,11-12,19-23,27,29,33,48H,6-7,9-10,13-18,24-26H2,1-5H3. The van der Waals surface area contributed by atoms with Crippen LogP contribution in [0.2, 0.25) is 0 Å². The molecule has 1 aliphatic heterocycles. The monoisotopic (exact) mass is 683 g/mol. The number of carbonyl (C=O) groups is 2. The van der Waals surface area contributed by atoms with E-state index in [1.165, 1.54) is 11.1 Å². The minimum atomic E-state index is -0.834. The van der Waals surface area contributed by atoms with Gasteiger partial charge in [0.1, 0.15) is 17.7 Å². The molecule has 2 amide bonds. The van der Waals surface area contributed by atoms with Gasteiger partial charge in [0.05, 0.1) is 32.0 Å². The lowest BCUT2D eigenvalue weighted by Gasteiger charge is -2.55. The zero-order valence-electron chi connectivity index (χ0n) is 30.4. The number of β-amino-alcohol motifs (C(OH)–C–C–N with tert-alkyl or cyclic N) is 1. The summed E-state index contributed by atoms with van der Waals surface area (Å²) < 4.78 is 13.3. The number of hydrogen-bond donors (Lipinski definition) is 1. The Labute approximate surface area is 296 Å². The number of aromatic nitrogens is 3. The van der Waals surface area contributed by atoms with Crippen molar-refractivity contribution in [3.05, 3.63) is 60.0 Å². The van der Waals surface area contributed by atoms with Gasteiger partial charge in [0.25, 0.3) is 0 Å². The molecule has 2 bridgehead atoms. The summed E-state index contributed by atoms with van der Waals surface area (Å²) in [5.74, 6) is 1.60. The molecule has 5 fully saturated rings. The fourth-order valence-electron chi connectivity index (χ4n) is 9.03. The SMILES string of the molecule is COc1ccc(C23CCC(CN(C(=O)C4CCC(OC(=O)N5CC(C)(O)C5)CC4)c4cc(-c5cnn(C(C)C)c5)ccn4)(CC2)CC3)cc1C. The number of pyridine rings is 1. The van der Waals surface area contributed by atoms with E-state index in [1.54, 1.807) is 18.9 Å². The number of benzene rings is 1. The molecule has 1 N–H and O–H groups in total. The number of methoxy groups -OCH3 is 1. The maximum atomic E-state index is 14.6. The van der Waals surface area contributed by atoms with Crippen molar-refractivity contribution in [1.29, 1.82) is 0 Å². The highest BCUT2D eigenvalue weighted by atomic mass is 16.6. The van der Waals surface area contributed by atoms with E-state index in [4.69, 9.17) is 14.5 Å². The quantitative estimate of drug-likeness (QED) is 0.253. The van der Waals surface area contributed by atoms with E-state index in [-0.39, 0.29) is 40.9 Å². The van der Waals surface area contributed by atoms with Crippen molar-refractivity contribution in [2.24, 2.45) is 11.3 Å². The Morgan fingerprint density at radius 1 is 1.00 bits per heavy atom. The molecule has 10 nitrogen and oxygen atoms in total. The summed E-state index contributed by atoms with van der Waals surface area (Å²) in [6.07, 6.45) is 14.4. The molecule has 0 spiro atoms. The molecule has 1 aromatic carbocycles. The molecule has 10 heteroatoms. The summed E-state index contributed by atoms with van der Waals surface area (Å²) in [6, 6.07) is 11.0. The minimum Gasteiger partial charge on any atom is -0.496 e. The van der Waals surface area contributed by atoms with Gasteiger partial charge in [0, 0.05) is 36.5 Å². The molecule has 8 rings (SSSR count). The maximum absolute atomic E-state index is 14.6. The number of rotatable bonds is 9. The van der Waals surface area contributed by atoms with Gasteiger partial charge in [-0.05, 0) is 138 Å². The van der Waals surface area contributed by atoms with E-state index in [9.17, 15) is 14.7 Å². The Hall–Kier alpha value is -3.92. The number of anilines is 1. The van der Waals surface area contributed by atoms with Gasteiger partial charge in [-0.1, -0.05) is 12.1 Å². The molecule has 268 valence electrons. The van der Waals surface area contributed by atoms with Crippen molar-refractivity contribution >= 4 is 17.8 Å². The largest absolute Gasteiger partial charge is 0.496 e. The first-order valence-corrected chi connectivity index (χ1v) is 18.5. The van der Waals surface area contributed by atoms with Gasteiger partial charge in [-0.2, -0.15) is 5.10 Å². The fraction of sp³-hybridized carbons (Fsp3) is 0.600. The molecular weight excluding hydrogens is 630 g/mol. The topological polar surface area (TPSA) is 110 Å². The molecule has 0 unspecified atom stereocenters. The van der Waals surface area contributed by atoms with E-state index in [0.717, 1.165) is 55.4 Å². The van der Waals surface area contributed by atoms with Crippen molar-refractivity contribution in [3.63, 3.8) is 0 Å². The second kappa shape index (κ2) is 13.3. The lowest BCUT2D eigenvalue weighted by atomic mass is 9.51. The number of ether oxygens (including phenoxy) is 2. The first-order chi connectivity index (χ1) is 23.9. The summed E-state index contributed by atoms with van der Waals surface area (Å²) in [7, 11) is 1.73. The third-order valence-electron chi connectivity index (χ3n) is 12.3. The summed E-state index contributed by atoms with van der Waals surface area (Å²) in [6.45, 7) is 9.32. The van der Waals surface area contributed by atoms with Crippen LogP contribution in [-0.2, 0) is 14.9 Å². The summed E-state index contributed by atoms with van der Waals surface area (Å²) in [5, 5.41) is 14.6. The van der Waals surface area contributed by atoms with Crippen LogP contribution < -0.4 is 9.64 Å².